The van der Waals surface area contributed by atoms with E-state index in [1.165, 1.54) is 0 Å². The Morgan fingerprint density at radius 3 is 2.60 bits per heavy atom. The predicted octanol–water partition coefficient (Wildman–Crippen LogP) is 2.32. The summed E-state index contributed by atoms with van der Waals surface area (Å²) in [6.07, 6.45) is 7.50. The van der Waals surface area contributed by atoms with Gasteiger partial charge in [-0.15, -0.1) is 0 Å². The van der Waals surface area contributed by atoms with Gasteiger partial charge in [-0.25, -0.2) is 0 Å². The summed E-state index contributed by atoms with van der Waals surface area (Å²) in [5.41, 5.74) is -0.141. The number of allylic oxidation sites excluding steroid dienone is 2. The highest BCUT2D eigenvalue weighted by Crippen LogP contribution is 2.30. The molecule has 56 valence electrons. The molecule has 1 nitrogen and oxygen atoms in total. The van der Waals surface area contributed by atoms with Gasteiger partial charge in [0.15, 0.2) is 0 Å². The second-order valence-corrected chi connectivity index (χ2v) is 3.27. The zero-order valence-electron chi connectivity index (χ0n) is 6.68. The third-order valence-corrected chi connectivity index (χ3v) is 2.36. The van der Waals surface area contributed by atoms with Crippen molar-refractivity contribution in [1.82, 2.24) is 0 Å². The van der Waals surface area contributed by atoms with E-state index in [1.54, 1.807) is 6.92 Å². The molecule has 0 saturated carbocycles. The molecule has 0 radical (unpaired) electrons. The van der Waals surface area contributed by atoms with Gasteiger partial charge in [-0.05, 0) is 33.1 Å². The van der Waals surface area contributed by atoms with Crippen LogP contribution in [0.1, 0.15) is 33.1 Å². The average molecular weight is 138 g/mol. The topological polar surface area (TPSA) is 17.1 Å². The number of rotatable bonds is 1. The van der Waals surface area contributed by atoms with E-state index in [0.717, 1.165) is 19.3 Å². The van der Waals surface area contributed by atoms with E-state index in [1.807, 2.05) is 6.92 Å². The second-order valence-electron chi connectivity index (χ2n) is 3.27. The summed E-state index contributed by atoms with van der Waals surface area (Å²) in [7, 11) is 0. The molecule has 1 heteroatoms. The number of ketones is 1. The first kappa shape index (κ1) is 7.52. The van der Waals surface area contributed by atoms with E-state index in [4.69, 9.17) is 0 Å². The van der Waals surface area contributed by atoms with Crippen LogP contribution in [0.5, 0.6) is 0 Å². The normalized spacial score (nSPS) is 32.2. The van der Waals surface area contributed by atoms with Crippen molar-refractivity contribution >= 4 is 5.78 Å². The van der Waals surface area contributed by atoms with Crippen LogP contribution in [0, 0.1) is 5.41 Å². The lowest BCUT2D eigenvalue weighted by atomic mass is 9.78. The van der Waals surface area contributed by atoms with Crippen molar-refractivity contribution in [2.75, 3.05) is 0 Å². The van der Waals surface area contributed by atoms with Crippen molar-refractivity contribution in [2.45, 2.75) is 33.1 Å². The molecule has 0 amide bonds. The summed E-state index contributed by atoms with van der Waals surface area (Å²) in [6, 6.07) is 0. The van der Waals surface area contributed by atoms with Gasteiger partial charge in [0.05, 0.1) is 0 Å². The number of carbonyl (C=O) groups excluding carboxylic acids is 1. The molecule has 1 aliphatic rings. The van der Waals surface area contributed by atoms with Crippen molar-refractivity contribution in [3.8, 4) is 0 Å². The first-order valence-electron chi connectivity index (χ1n) is 3.84. The standard InChI is InChI=1S/C9H14O/c1-8(10)9(2)6-4-3-5-7-9/h4,6H,3,5,7H2,1-2H3/t9-/m1/s1. The monoisotopic (exact) mass is 138 g/mol. The molecular weight excluding hydrogens is 124 g/mol. The first-order valence-corrected chi connectivity index (χ1v) is 3.84. The molecule has 0 aromatic carbocycles. The van der Waals surface area contributed by atoms with Gasteiger partial charge in [-0.1, -0.05) is 12.2 Å². The molecule has 0 aromatic heterocycles. The fourth-order valence-corrected chi connectivity index (χ4v) is 1.31. The van der Waals surface area contributed by atoms with E-state index in [9.17, 15) is 4.79 Å². The first-order chi connectivity index (χ1) is 4.65. The molecule has 0 bridgehead atoms. The zero-order chi connectivity index (χ0) is 7.61. The Labute approximate surface area is 62.1 Å². The molecule has 0 heterocycles. The molecule has 0 saturated heterocycles. The fraction of sp³-hybridized carbons (Fsp3) is 0.667. The quantitative estimate of drug-likeness (QED) is 0.508. The SMILES string of the molecule is CC(=O)[C@]1(C)C=CCCC1. The van der Waals surface area contributed by atoms with Crippen molar-refractivity contribution in [3.63, 3.8) is 0 Å². The molecule has 0 N–H and O–H groups in total. The van der Waals surface area contributed by atoms with Crippen molar-refractivity contribution < 1.29 is 4.79 Å². The van der Waals surface area contributed by atoms with Crippen molar-refractivity contribution in [1.29, 1.82) is 0 Å². The molecule has 0 spiro atoms. The minimum absolute atomic E-state index is 0.141. The van der Waals surface area contributed by atoms with Crippen LogP contribution in [0.25, 0.3) is 0 Å². The summed E-state index contributed by atoms with van der Waals surface area (Å²) in [6.45, 7) is 3.70. The molecule has 0 aromatic rings. The van der Waals surface area contributed by atoms with Crippen LogP contribution in [-0.4, -0.2) is 5.78 Å². The Bertz CT molecular complexity index is 170. The van der Waals surface area contributed by atoms with Crippen molar-refractivity contribution in [2.24, 2.45) is 5.41 Å². The van der Waals surface area contributed by atoms with Gasteiger partial charge in [0.2, 0.25) is 0 Å². The molecule has 10 heavy (non-hydrogen) atoms. The number of hydrogen-bond acceptors (Lipinski definition) is 1. The van der Waals surface area contributed by atoms with Crippen molar-refractivity contribution in [3.05, 3.63) is 12.2 Å². The summed E-state index contributed by atoms with van der Waals surface area (Å²) < 4.78 is 0. The minimum atomic E-state index is -0.141. The smallest absolute Gasteiger partial charge is 0.139 e. The van der Waals surface area contributed by atoms with Crippen LogP contribution in [0.3, 0.4) is 0 Å². The fourth-order valence-electron chi connectivity index (χ4n) is 1.31. The van der Waals surface area contributed by atoms with Gasteiger partial charge < -0.3 is 0 Å². The van der Waals surface area contributed by atoms with Crippen LogP contribution >= 0.6 is 0 Å². The summed E-state index contributed by atoms with van der Waals surface area (Å²) in [4.78, 5) is 11.1. The minimum Gasteiger partial charge on any atom is -0.299 e. The second kappa shape index (κ2) is 2.57. The van der Waals surface area contributed by atoms with Crippen LogP contribution in [-0.2, 0) is 4.79 Å². The van der Waals surface area contributed by atoms with Gasteiger partial charge in [0.1, 0.15) is 5.78 Å². The third-order valence-electron chi connectivity index (χ3n) is 2.36. The van der Waals surface area contributed by atoms with Crippen LogP contribution in [0.4, 0.5) is 0 Å². The Kier molecular flexibility index (Phi) is 1.93. The van der Waals surface area contributed by atoms with Gasteiger partial charge >= 0.3 is 0 Å². The maximum absolute atomic E-state index is 11.1. The molecule has 1 aliphatic carbocycles. The number of hydrogen-bond donors (Lipinski definition) is 0. The Hall–Kier alpha value is -0.590. The van der Waals surface area contributed by atoms with Gasteiger partial charge in [0.25, 0.3) is 0 Å². The van der Waals surface area contributed by atoms with E-state index in [0.29, 0.717) is 5.78 Å². The van der Waals surface area contributed by atoms with Gasteiger partial charge in [0, 0.05) is 5.41 Å². The van der Waals surface area contributed by atoms with E-state index >= 15 is 0 Å². The van der Waals surface area contributed by atoms with Gasteiger partial charge in [-0.3, -0.25) is 4.79 Å². The van der Waals surface area contributed by atoms with Gasteiger partial charge in [-0.2, -0.15) is 0 Å². The Balaban J connectivity index is 2.75. The van der Waals surface area contributed by atoms with E-state index in [2.05, 4.69) is 12.2 Å². The van der Waals surface area contributed by atoms with Crippen LogP contribution in [0.15, 0.2) is 12.2 Å². The Morgan fingerprint density at radius 1 is 1.60 bits per heavy atom. The third kappa shape index (κ3) is 1.28. The largest absolute Gasteiger partial charge is 0.299 e. The summed E-state index contributed by atoms with van der Waals surface area (Å²) >= 11 is 0. The molecule has 1 rings (SSSR count). The van der Waals surface area contributed by atoms with E-state index < -0.39 is 0 Å². The summed E-state index contributed by atoms with van der Waals surface area (Å²) in [5.74, 6) is 0.295. The maximum atomic E-state index is 11.1. The lowest BCUT2D eigenvalue weighted by Crippen LogP contribution is -2.24. The average Bonchev–Trinajstić information content (AvgIpc) is 1.89. The lowest BCUT2D eigenvalue weighted by molar-refractivity contribution is -0.123. The highest BCUT2D eigenvalue weighted by molar-refractivity contribution is 5.84. The van der Waals surface area contributed by atoms with Crippen LogP contribution < -0.4 is 0 Å². The maximum Gasteiger partial charge on any atom is 0.139 e. The van der Waals surface area contributed by atoms with Crippen LogP contribution in [0.2, 0.25) is 0 Å². The highest BCUT2D eigenvalue weighted by atomic mass is 16.1. The summed E-state index contributed by atoms with van der Waals surface area (Å²) in [5, 5.41) is 0. The Morgan fingerprint density at radius 2 is 2.30 bits per heavy atom. The highest BCUT2D eigenvalue weighted by Gasteiger charge is 2.27. The molecule has 0 fully saturated rings. The molecule has 0 unspecified atom stereocenters. The molecule has 1 atom stereocenters. The zero-order valence-corrected chi connectivity index (χ0v) is 6.68. The molecular formula is C9H14O. The molecule has 0 aliphatic heterocycles. The lowest BCUT2D eigenvalue weighted by Gasteiger charge is -2.25. The number of carbonyl (C=O) groups is 1. The van der Waals surface area contributed by atoms with E-state index in [-0.39, 0.29) is 5.41 Å². The predicted molar refractivity (Wildman–Crippen MR) is 41.8 cm³/mol. The number of Topliss-reactive ketones (excluding diaryl/α,β-unsaturated/α-hetero) is 1.